The number of alkyl halides is 3. The van der Waals surface area contributed by atoms with Crippen LogP contribution in [0.25, 0.3) is 0 Å². The molecule has 7 heteroatoms. The van der Waals surface area contributed by atoms with Crippen LogP contribution < -0.4 is 16.0 Å². The van der Waals surface area contributed by atoms with Gasteiger partial charge in [0.1, 0.15) is 5.75 Å². The third-order valence-electron chi connectivity index (χ3n) is 2.98. The standard InChI is InChI=1S/C14H14F3N3O/c1-9-10(6-4-8-19-9)13(20-18)11-5-2-3-7-12(11)21-14(15,16)17/h2-8,13,20H,18H2,1H3. The molecule has 0 aliphatic rings. The fourth-order valence-electron chi connectivity index (χ4n) is 2.09. The Morgan fingerprint density at radius 3 is 2.43 bits per heavy atom. The predicted octanol–water partition coefficient (Wildman–Crippen LogP) is 2.84. The maximum Gasteiger partial charge on any atom is 0.573 e. The van der Waals surface area contributed by atoms with E-state index >= 15 is 0 Å². The molecule has 1 heterocycles. The van der Waals surface area contributed by atoms with Crippen molar-refractivity contribution in [1.29, 1.82) is 0 Å². The summed E-state index contributed by atoms with van der Waals surface area (Å²) in [6.45, 7) is 1.76. The van der Waals surface area contributed by atoms with Crippen LogP contribution in [0.2, 0.25) is 0 Å². The molecule has 0 spiro atoms. The number of nitrogens with zero attached hydrogens (tertiary/aromatic N) is 1. The van der Waals surface area contributed by atoms with Gasteiger partial charge in [0.2, 0.25) is 0 Å². The summed E-state index contributed by atoms with van der Waals surface area (Å²) in [6.07, 6.45) is -3.16. The number of halogens is 3. The van der Waals surface area contributed by atoms with Gasteiger partial charge in [0.25, 0.3) is 0 Å². The number of benzene rings is 1. The van der Waals surface area contributed by atoms with Gasteiger partial charge in [-0.05, 0) is 24.6 Å². The molecule has 0 fully saturated rings. The third kappa shape index (κ3) is 3.71. The maximum atomic E-state index is 12.5. The van der Waals surface area contributed by atoms with Gasteiger partial charge in [-0.25, -0.2) is 5.43 Å². The Bertz CT molecular complexity index is 616. The molecule has 112 valence electrons. The van der Waals surface area contributed by atoms with Gasteiger partial charge in [-0.1, -0.05) is 24.3 Å². The van der Waals surface area contributed by atoms with Gasteiger partial charge in [0, 0.05) is 17.5 Å². The topological polar surface area (TPSA) is 60.2 Å². The van der Waals surface area contributed by atoms with Gasteiger partial charge in [0.05, 0.1) is 6.04 Å². The lowest BCUT2D eigenvalue weighted by Gasteiger charge is -2.21. The van der Waals surface area contributed by atoms with Crippen LogP contribution in [0.15, 0.2) is 42.6 Å². The fourth-order valence-corrected chi connectivity index (χ4v) is 2.09. The predicted molar refractivity (Wildman–Crippen MR) is 71.3 cm³/mol. The molecule has 0 saturated heterocycles. The highest BCUT2D eigenvalue weighted by molar-refractivity contribution is 5.42. The van der Waals surface area contributed by atoms with Crippen molar-refractivity contribution in [3.63, 3.8) is 0 Å². The molecule has 21 heavy (non-hydrogen) atoms. The van der Waals surface area contributed by atoms with Gasteiger partial charge in [-0.3, -0.25) is 10.8 Å². The molecule has 1 aromatic carbocycles. The SMILES string of the molecule is Cc1ncccc1C(NN)c1ccccc1OC(F)(F)F. The van der Waals surface area contributed by atoms with E-state index in [9.17, 15) is 13.2 Å². The zero-order valence-corrected chi connectivity index (χ0v) is 11.2. The van der Waals surface area contributed by atoms with Crippen molar-refractivity contribution < 1.29 is 17.9 Å². The number of hydrogen-bond donors (Lipinski definition) is 2. The van der Waals surface area contributed by atoms with Crippen LogP contribution in [0.5, 0.6) is 5.75 Å². The van der Waals surface area contributed by atoms with Crippen molar-refractivity contribution in [2.75, 3.05) is 0 Å². The number of aryl methyl sites for hydroxylation is 1. The molecule has 0 radical (unpaired) electrons. The Morgan fingerprint density at radius 1 is 1.14 bits per heavy atom. The van der Waals surface area contributed by atoms with Crippen LogP contribution in [0.1, 0.15) is 22.9 Å². The molecule has 0 aliphatic heterocycles. The summed E-state index contributed by atoms with van der Waals surface area (Å²) in [5.41, 5.74) is 4.15. The summed E-state index contributed by atoms with van der Waals surface area (Å²) in [7, 11) is 0. The van der Waals surface area contributed by atoms with Crippen LogP contribution in [0.4, 0.5) is 13.2 Å². The summed E-state index contributed by atoms with van der Waals surface area (Å²) in [6, 6.07) is 8.65. The third-order valence-corrected chi connectivity index (χ3v) is 2.98. The summed E-state index contributed by atoms with van der Waals surface area (Å²) in [5.74, 6) is 5.23. The minimum Gasteiger partial charge on any atom is -0.405 e. The van der Waals surface area contributed by atoms with Crippen LogP contribution in [-0.4, -0.2) is 11.3 Å². The van der Waals surface area contributed by atoms with E-state index < -0.39 is 12.4 Å². The molecule has 0 amide bonds. The first-order chi connectivity index (χ1) is 9.92. The van der Waals surface area contributed by atoms with E-state index in [-0.39, 0.29) is 11.3 Å². The minimum atomic E-state index is -4.76. The zero-order valence-electron chi connectivity index (χ0n) is 11.2. The van der Waals surface area contributed by atoms with E-state index in [1.165, 1.54) is 18.2 Å². The molecule has 1 atom stereocenters. The Morgan fingerprint density at radius 2 is 1.81 bits per heavy atom. The molecule has 0 bridgehead atoms. The minimum absolute atomic E-state index is 0.286. The first-order valence-corrected chi connectivity index (χ1v) is 6.14. The number of para-hydroxylation sites is 1. The lowest BCUT2D eigenvalue weighted by Crippen LogP contribution is -2.30. The van der Waals surface area contributed by atoms with Gasteiger partial charge in [0.15, 0.2) is 0 Å². The van der Waals surface area contributed by atoms with Gasteiger partial charge >= 0.3 is 6.36 Å². The van der Waals surface area contributed by atoms with Crippen molar-refractivity contribution in [3.05, 3.63) is 59.4 Å². The number of pyridine rings is 1. The molecule has 2 rings (SSSR count). The highest BCUT2D eigenvalue weighted by Crippen LogP contribution is 2.33. The van der Waals surface area contributed by atoms with Crippen molar-refractivity contribution >= 4 is 0 Å². The Kier molecular flexibility index (Phi) is 4.44. The van der Waals surface area contributed by atoms with Crippen LogP contribution in [-0.2, 0) is 0 Å². The quantitative estimate of drug-likeness (QED) is 0.673. The fraction of sp³-hybridized carbons (Fsp3) is 0.214. The average Bonchev–Trinajstić information content (AvgIpc) is 2.42. The lowest BCUT2D eigenvalue weighted by atomic mass is 9.97. The lowest BCUT2D eigenvalue weighted by molar-refractivity contribution is -0.275. The van der Waals surface area contributed by atoms with Gasteiger partial charge in [-0.15, -0.1) is 13.2 Å². The largest absolute Gasteiger partial charge is 0.573 e. The number of nitrogens with two attached hydrogens (primary N) is 1. The Labute approximate surface area is 119 Å². The van der Waals surface area contributed by atoms with E-state index in [1.54, 1.807) is 31.3 Å². The van der Waals surface area contributed by atoms with E-state index in [1.807, 2.05) is 0 Å². The second-order valence-electron chi connectivity index (χ2n) is 4.36. The number of aromatic nitrogens is 1. The second-order valence-corrected chi connectivity index (χ2v) is 4.36. The van der Waals surface area contributed by atoms with Crippen molar-refractivity contribution in [1.82, 2.24) is 10.4 Å². The highest BCUT2D eigenvalue weighted by atomic mass is 19.4. The monoisotopic (exact) mass is 297 g/mol. The molecule has 1 aromatic heterocycles. The van der Waals surface area contributed by atoms with Gasteiger partial charge in [-0.2, -0.15) is 0 Å². The van der Waals surface area contributed by atoms with E-state index in [2.05, 4.69) is 15.1 Å². The molecule has 3 N–H and O–H groups in total. The first kappa shape index (κ1) is 15.3. The number of nitrogens with one attached hydrogen (secondary N) is 1. The normalized spacial score (nSPS) is 13.0. The molecule has 0 saturated carbocycles. The van der Waals surface area contributed by atoms with Crippen LogP contribution >= 0.6 is 0 Å². The summed E-state index contributed by atoms with van der Waals surface area (Å²) in [4.78, 5) is 4.12. The van der Waals surface area contributed by atoms with Crippen molar-refractivity contribution in [3.8, 4) is 5.75 Å². The van der Waals surface area contributed by atoms with Gasteiger partial charge < -0.3 is 4.74 Å². The van der Waals surface area contributed by atoms with Crippen LogP contribution in [0.3, 0.4) is 0 Å². The number of hydrogen-bond acceptors (Lipinski definition) is 4. The number of hydrazine groups is 1. The maximum absolute atomic E-state index is 12.5. The zero-order chi connectivity index (χ0) is 15.5. The summed E-state index contributed by atoms with van der Waals surface area (Å²) < 4.78 is 41.5. The van der Waals surface area contributed by atoms with Crippen LogP contribution in [0, 0.1) is 6.92 Å². The smallest absolute Gasteiger partial charge is 0.405 e. The molecular formula is C14H14F3N3O. The van der Waals surface area contributed by atoms with E-state index in [4.69, 9.17) is 5.84 Å². The van der Waals surface area contributed by atoms with E-state index in [0.717, 1.165) is 0 Å². The second kappa shape index (κ2) is 6.11. The molecule has 4 nitrogen and oxygen atoms in total. The van der Waals surface area contributed by atoms with E-state index in [0.29, 0.717) is 11.3 Å². The van der Waals surface area contributed by atoms with Crippen molar-refractivity contribution in [2.24, 2.45) is 5.84 Å². The highest BCUT2D eigenvalue weighted by Gasteiger charge is 2.33. The molecule has 2 aromatic rings. The average molecular weight is 297 g/mol. The molecular weight excluding hydrogens is 283 g/mol. The van der Waals surface area contributed by atoms with Crippen molar-refractivity contribution in [2.45, 2.75) is 19.3 Å². The molecule has 1 unspecified atom stereocenters. The Hall–Kier alpha value is -2.12. The summed E-state index contributed by atoms with van der Waals surface area (Å²) >= 11 is 0. The first-order valence-electron chi connectivity index (χ1n) is 6.14. The summed E-state index contributed by atoms with van der Waals surface area (Å²) in [5, 5.41) is 0. The number of rotatable bonds is 4. The number of ether oxygens (including phenoxy) is 1. The Balaban J connectivity index is 2.46. The molecule has 0 aliphatic carbocycles.